The minimum atomic E-state index is -5.24. The zero-order valence-corrected chi connectivity index (χ0v) is 29.5. The van der Waals surface area contributed by atoms with Crippen molar-refractivity contribution in [3.63, 3.8) is 0 Å². The molecule has 0 unspecified atom stereocenters. The number of rotatable bonds is 10. The van der Waals surface area contributed by atoms with E-state index in [1.807, 2.05) is 59.0 Å². The lowest BCUT2D eigenvalue weighted by atomic mass is 9.97. The minimum absolute atomic E-state index is 0.0293. The van der Waals surface area contributed by atoms with Crippen molar-refractivity contribution in [1.29, 1.82) is 0 Å². The molecule has 3 N–H and O–H groups in total. The molecule has 0 saturated carbocycles. The molecule has 228 valence electrons. The maximum atomic E-state index is 12.9. The van der Waals surface area contributed by atoms with Crippen LogP contribution in [0.15, 0.2) is 30.3 Å². The molecule has 0 aliphatic carbocycles. The second-order valence-corrected chi connectivity index (χ2v) is 16.2. The Morgan fingerprint density at radius 3 is 1.71 bits per heavy atom. The SMILES string of the molecule is CC(C)c1cc(Oc2c(I)cc(OC(COC(=O)C(C)(C)C)(COC(=O)C(C)(C)C)P(=O)(O)O)cc2I)ccc1O. The molecule has 41 heavy (non-hydrogen) atoms. The molecule has 10 nitrogen and oxygen atoms in total. The first-order valence-electron chi connectivity index (χ1n) is 12.7. The van der Waals surface area contributed by atoms with E-state index in [2.05, 4.69) is 0 Å². The Labute approximate surface area is 267 Å². The summed E-state index contributed by atoms with van der Waals surface area (Å²) in [4.78, 5) is 46.0. The first-order chi connectivity index (χ1) is 18.6. The van der Waals surface area contributed by atoms with Crippen LogP contribution >= 0.6 is 52.8 Å². The minimum Gasteiger partial charge on any atom is -0.508 e. The van der Waals surface area contributed by atoms with Gasteiger partial charge >= 0.3 is 19.5 Å². The summed E-state index contributed by atoms with van der Waals surface area (Å²) in [5, 5.41) is 7.61. The van der Waals surface area contributed by atoms with Crippen LogP contribution in [0, 0.1) is 18.0 Å². The summed E-state index contributed by atoms with van der Waals surface area (Å²) in [5.41, 5.74) is -1.21. The summed E-state index contributed by atoms with van der Waals surface area (Å²) in [7, 11) is -5.24. The largest absolute Gasteiger partial charge is 0.508 e. The zero-order chi connectivity index (χ0) is 31.6. The highest BCUT2D eigenvalue weighted by Crippen LogP contribution is 2.52. The third kappa shape index (κ3) is 9.44. The Hall–Kier alpha value is -1.61. The Morgan fingerprint density at radius 2 is 1.32 bits per heavy atom. The fourth-order valence-corrected chi connectivity index (χ4v) is 5.83. The number of ether oxygens (including phenoxy) is 4. The third-order valence-corrected chi connectivity index (χ3v) is 8.75. The molecule has 0 radical (unpaired) electrons. The number of hydrogen-bond acceptors (Lipinski definition) is 8. The molecule has 2 aromatic rings. The molecule has 0 fully saturated rings. The fraction of sp³-hybridized carbons (Fsp3) is 0.500. The van der Waals surface area contributed by atoms with E-state index in [1.165, 1.54) is 12.1 Å². The zero-order valence-electron chi connectivity index (χ0n) is 24.3. The van der Waals surface area contributed by atoms with Crippen molar-refractivity contribution in [3.05, 3.63) is 43.0 Å². The molecular formula is C28H37I2O10P. The fourth-order valence-electron chi connectivity index (χ4n) is 3.21. The van der Waals surface area contributed by atoms with Crippen LogP contribution < -0.4 is 9.47 Å². The van der Waals surface area contributed by atoms with Crippen LogP contribution in [0.4, 0.5) is 0 Å². The number of carbonyl (C=O) groups excluding carboxylic acids is 2. The molecule has 2 rings (SSSR count). The quantitative estimate of drug-likeness (QED) is 0.131. The van der Waals surface area contributed by atoms with Gasteiger partial charge in [0.1, 0.15) is 30.5 Å². The number of benzene rings is 2. The van der Waals surface area contributed by atoms with Crippen LogP contribution in [-0.2, 0) is 23.6 Å². The second-order valence-electron chi connectivity index (χ2n) is 11.9. The molecule has 0 saturated heterocycles. The van der Waals surface area contributed by atoms with Gasteiger partial charge in [-0.05, 0) is 123 Å². The van der Waals surface area contributed by atoms with E-state index in [0.29, 0.717) is 24.2 Å². The summed E-state index contributed by atoms with van der Waals surface area (Å²) in [5.74, 6) is -0.238. The van der Waals surface area contributed by atoms with Crippen LogP contribution in [0.2, 0.25) is 0 Å². The standard InChI is InChI=1S/C28H37I2O10P/c1-16(2)19-11-17(9-10-22(19)31)39-23-20(29)12-18(13-21(23)30)40-28(41(34,35)36,14-37-24(32)26(3,4)5)15-38-25(33)27(6,7)8/h9-13,16,31H,14-15H2,1-8H3,(H2,34,35,36). The molecule has 0 bridgehead atoms. The molecular weight excluding hydrogens is 781 g/mol. The molecule has 0 heterocycles. The summed E-state index contributed by atoms with van der Waals surface area (Å²) >= 11 is 4.00. The van der Waals surface area contributed by atoms with Crippen LogP contribution in [0.25, 0.3) is 0 Å². The van der Waals surface area contributed by atoms with E-state index in [-0.39, 0.29) is 17.4 Å². The Bertz CT molecular complexity index is 1270. The van der Waals surface area contributed by atoms with Crippen molar-refractivity contribution in [2.24, 2.45) is 10.8 Å². The van der Waals surface area contributed by atoms with Crippen LogP contribution in [-0.4, -0.2) is 45.4 Å². The maximum absolute atomic E-state index is 12.9. The van der Waals surface area contributed by atoms with Crippen molar-refractivity contribution in [1.82, 2.24) is 0 Å². The van der Waals surface area contributed by atoms with Crippen molar-refractivity contribution in [2.75, 3.05) is 13.2 Å². The molecule has 0 aliphatic heterocycles. The summed E-state index contributed by atoms with van der Waals surface area (Å²) in [6.45, 7) is 11.7. The summed E-state index contributed by atoms with van der Waals surface area (Å²) < 4.78 is 36.6. The third-order valence-electron chi connectivity index (χ3n) is 5.73. The normalized spacial score (nSPS) is 12.7. The Kier molecular flexibility index (Phi) is 11.6. The molecule has 0 atom stereocenters. The number of phenolic OH excluding ortho intramolecular Hbond substituents is 1. The molecule has 0 amide bonds. The van der Waals surface area contributed by atoms with Crippen molar-refractivity contribution >= 4 is 64.7 Å². The Morgan fingerprint density at radius 1 is 0.854 bits per heavy atom. The van der Waals surface area contributed by atoms with Gasteiger partial charge < -0.3 is 33.8 Å². The van der Waals surface area contributed by atoms with Gasteiger partial charge in [-0.2, -0.15) is 0 Å². The van der Waals surface area contributed by atoms with Gasteiger partial charge in [-0.1, -0.05) is 13.8 Å². The molecule has 13 heteroatoms. The first-order valence-corrected chi connectivity index (χ1v) is 16.4. The molecule has 0 aliphatic rings. The second kappa shape index (κ2) is 13.4. The van der Waals surface area contributed by atoms with Crippen molar-refractivity contribution in [3.8, 4) is 23.0 Å². The van der Waals surface area contributed by atoms with E-state index >= 15 is 0 Å². The molecule has 2 aromatic carbocycles. The molecule has 0 spiro atoms. The van der Waals surface area contributed by atoms with Gasteiger partial charge in [0.15, 0.2) is 5.75 Å². The van der Waals surface area contributed by atoms with Gasteiger partial charge in [0, 0.05) is 5.56 Å². The van der Waals surface area contributed by atoms with E-state index in [4.69, 9.17) is 18.9 Å². The lowest BCUT2D eigenvalue weighted by Crippen LogP contribution is -2.48. The van der Waals surface area contributed by atoms with E-state index in [1.54, 1.807) is 59.7 Å². The van der Waals surface area contributed by atoms with E-state index in [0.717, 1.165) is 0 Å². The van der Waals surface area contributed by atoms with Gasteiger partial charge in [-0.15, -0.1) is 0 Å². The number of aromatic hydroxyl groups is 1. The van der Waals surface area contributed by atoms with Crippen LogP contribution in [0.5, 0.6) is 23.0 Å². The topological polar surface area (TPSA) is 149 Å². The van der Waals surface area contributed by atoms with E-state index in [9.17, 15) is 29.0 Å². The monoisotopic (exact) mass is 818 g/mol. The number of hydrogen-bond donors (Lipinski definition) is 3. The smallest absolute Gasteiger partial charge is 0.376 e. The number of esters is 2. The average Bonchev–Trinajstić information content (AvgIpc) is 2.81. The average molecular weight is 818 g/mol. The first kappa shape index (κ1) is 35.6. The van der Waals surface area contributed by atoms with Gasteiger partial charge in [0.05, 0.1) is 18.0 Å². The van der Waals surface area contributed by atoms with E-state index < -0.39 is 48.9 Å². The molecule has 0 aromatic heterocycles. The van der Waals surface area contributed by atoms with Crippen molar-refractivity contribution < 1.29 is 48.0 Å². The number of phenols is 1. The summed E-state index contributed by atoms with van der Waals surface area (Å²) in [6, 6.07) is 7.92. The van der Waals surface area contributed by atoms with Crippen molar-refractivity contribution in [2.45, 2.75) is 66.6 Å². The number of carbonyl (C=O) groups is 2. The van der Waals surface area contributed by atoms with Gasteiger partial charge in [-0.25, -0.2) is 0 Å². The lowest BCUT2D eigenvalue weighted by Gasteiger charge is -2.35. The maximum Gasteiger partial charge on any atom is 0.376 e. The Balaban J connectivity index is 2.50. The lowest BCUT2D eigenvalue weighted by molar-refractivity contribution is -0.164. The highest BCUT2D eigenvalue weighted by atomic mass is 127. The van der Waals surface area contributed by atoms with Gasteiger partial charge in [0.25, 0.3) is 5.34 Å². The highest BCUT2D eigenvalue weighted by molar-refractivity contribution is 14.1. The number of halogens is 2. The predicted octanol–water partition coefficient (Wildman–Crippen LogP) is 6.95. The van der Waals surface area contributed by atoms with Gasteiger partial charge in [0.2, 0.25) is 0 Å². The predicted molar refractivity (Wildman–Crippen MR) is 170 cm³/mol. The summed E-state index contributed by atoms with van der Waals surface area (Å²) in [6.07, 6.45) is 0. The highest BCUT2D eigenvalue weighted by Gasteiger charge is 2.53. The van der Waals surface area contributed by atoms with Crippen LogP contribution in [0.3, 0.4) is 0 Å². The van der Waals surface area contributed by atoms with Crippen LogP contribution in [0.1, 0.15) is 66.9 Å². The van der Waals surface area contributed by atoms with Gasteiger partial charge in [-0.3, -0.25) is 14.2 Å².